The zero-order valence-electron chi connectivity index (χ0n) is 15.1. The van der Waals surface area contributed by atoms with E-state index >= 15 is 0 Å². The first-order valence-electron chi connectivity index (χ1n) is 9.42. The van der Waals surface area contributed by atoms with Gasteiger partial charge in [-0.1, -0.05) is 27.2 Å². The van der Waals surface area contributed by atoms with Gasteiger partial charge in [-0.3, -0.25) is 10.1 Å². The van der Waals surface area contributed by atoms with Gasteiger partial charge in [-0.15, -0.1) is 0 Å². The summed E-state index contributed by atoms with van der Waals surface area (Å²) in [4.78, 5) is 40.6. The molecule has 2 bridgehead atoms. The van der Waals surface area contributed by atoms with Gasteiger partial charge in [0.05, 0.1) is 12.1 Å². The maximum absolute atomic E-state index is 13.1. The van der Waals surface area contributed by atoms with E-state index in [9.17, 15) is 19.5 Å². The lowest BCUT2D eigenvalue weighted by atomic mass is 9.60. The van der Waals surface area contributed by atoms with Gasteiger partial charge in [-0.05, 0) is 42.9 Å². The lowest BCUT2D eigenvalue weighted by molar-refractivity contribution is -0.138. The summed E-state index contributed by atoms with van der Waals surface area (Å²) in [7, 11) is 0. The highest BCUT2D eigenvalue weighted by atomic mass is 16.4. The van der Waals surface area contributed by atoms with E-state index < -0.39 is 17.7 Å². The zero-order chi connectivity index (χ0) is 18.1. The topological polar surface area (TPSA) is 90.0 Å². The Hall–Kier alpha value is -1.79. The molecule has 4 amide bonds. The number of piperazine rings is 1. The van der Waals surface area contributed by atoms with E-state index in [1.807, 2.05) is 0 Å². The van der Waals surface area contributed by atoms with E-state index in [2.05, 4.69) is 26.1 Å². The number of imide groups is 1. The van der Waals surface area contributed by atoms with Gasteiger partial charge in [0, 0.05) is 6.54 Å². The number of nitrogens with one attached hydrogen (secondary N) is 1. The van der Waals surface area contributed by atoms with E-state index in [-0.39, 0.29) is 23.9 Å². The van der Waals surface area contributed by atoms with Crippen LogP contribution in [0, 0.1) is 23.7 Å². The molecule has 2 N–H and O–H groups in total. The van der Waals surface area contributed by atoms with Crippen LogP contribution in [0.15, 0.2) is 0 Å². The minimum Gasteiger partial charge on any atom is -0.465 e. The molecular weight excluding hydrogens is 322 g/mol. The van der Waals surface area contributed by atoms with E-state index in [4.69, 9.17) is 0 Å². The van der Waals surface area contributed by atoms with Crippen LogP contribution in [0.1, 0.15) is 46.5 Å². The van der Waals surface area contributed by atoms with Crippen molar-refractivity contribution in [1.82, 2.24) is 15.1 Å². The van der Waals surface area contributed by atoms with E-state index in [1.54, 1.807) is 4.90 Å². The normalized spacial score (nSPS) is 43.0. The molecule has 7 heteroatoms. The molecule has 4 rings (SSSR count). The fraction of sp³-hybridized carbons (Fsp3) is 0.833. The predicted molar refractivity (Wildman–Crippen MR) is 89.9 cm³/mol. The molecule has 4 aliphatic rings. The Morgan fingerprint density at radius 3 is 2.64 bits per heavy atom. The molecule has 7 nitrogen and oxygen atoms in total. The molecule has 3 aliphatic heterocycles. The maximum atomic E-state index is 13.1. The summed E-state index contributed by atoms with van der Waals surface area (Å²) < 4.78 is 0. The van der Waals surface area contributed by atoms with Crippen molar-refractivity contribution in [3.8, 4) is 0 Å². The van der Waals surface area contributed by atoms with Crippen LogP contribution >= 0.6 is 0 Å². The van der Waals surface area contributed by atoms with Crippen LogP contribution in [0.4, 0.5) is 9.59 Å². The molecule has 1 aliphatic carbocycles. The number of carboxylic acid groups (broad SMARTS) is 1. The molecule has 0 spiro atoms. The second-order valence-corrected chi connectivity index (χ2v) is 8.73. The molecule has 1 saturated carbocycles. The number of hydrogen-bond donors (Lipinski definition) is 2. The van der Waals surface area contributed by atoms with Gasteiger partial charge in [0.2, 0.25) is 0 Å². The Morgan fingerprint density at radius 2 is 2.00 bits per heavy atom. The third-order valence-electron chi connectivity index (χ3n) is 7.19. The van der Waals surface area contributed by atoms with Crippen LogP contribution in [0.5, 0.6) is 0 Å². The SMILES string of the molecule is CC1CCC(C(C)C)C(C23C(=O)NC(=O)N2C2CC3N(C(=O)O)C2)C1. The summed E-state index contributed by atoms with van der Waals surface area (Å²) in [5.41, 5.74) is -1.01. The molecule has 0 aromatic rings. The number of carbonyl (C=O) groups is 3. The van der Waals surface area contributed by atoms with Gasteiger partial charge in [0.25, 0.3) is 5.91 Å². The smallest absolute Gasteiger partial charge is 0.407 e. The van der Waals surface area contributed by atoms with Crippen molar-refractivity contribution in [2.45, 2.75) is 64.1 Å². The number of amides is 4. The molecule has 0 aromatic carbocycles. The Bertz CT molecular complexity index is 636. The average molecular weight is 349 g/mol. The first-order chi connectivity index (χ1) is 11.8. The highest BCUT2D eigenvalue weighted by Gasteiger charge is 2.73. The molecule has 3 heterocycles. The quantitative estimate of drug-likeness (QED) is 0.747. The van der Waals surface area contributed by atoms with Crippen LogP contribution in [0.25, 0.3) is 0 Å². The van der Waals surface area contributed by atoms with Crippen LogP contribution in [-0.2, 0) is 4.79 Å². The second-order valence-electron chi connectivity index (χ2n) is 8.73. The summed E-state index contributed by atoms with van der Waals surface area (Å²) in [6.07, 6.45) is 2.63. The minimum absolute atomic E-state index is 0.0137. The monoisotopic (exact) mass is 349 g/mol. The molecular formula is C18H27N3O4. The van der Waals surface area contributed by atoms with E-state index in [1.165, 1.54) is 4.90 Å². The molecule has 0 radical (unpaired) electrons. The molecule has 6 unspecified atom stereocenters. The number of carbonyl (C=O) groups excluding carboxylic acids is 2. The molecule has 25 heavy (non-hydrogen) atoms. The van der Waals surface area contributed by atoms with Crippen molar-refractivity contribution >= 4 is 18.0 Å². The number of hydrogen-bond acceptors (Lipinski definition) is 3. The van der Waals surface area contributed by atoms with E-state index in [0.717, 1.165) is 19.3 Å². The van der Waals surface area contributed by atoms with Crippen molar-refractivity contribution in [3.63, 3.8) is 0 Å². The first-order valence-corrected chi connectivity index (χ1v) is 9.42. The average Bonchev–Trinajstić information content (AvgIpc) is 3.17. The molecule has 4 fully saturated rings. The van der Waals surface area contributed by atoms with Gasteiger partial charge in [-0.25, -0.2) is 9.59 Å². The van der Waals surface area contributed by atoms with Crippen molar-refractivity contribution in [1.29, 1.82) is 0 Å². The van der Waals surface area contributed by atoms with Gasteiger partial charge in [0.1, 0.15) is 5.54 Å². The molecule has 3 saturated heterocycles. The number of likely N-dealkylation sites (tertiary alicyclic amines) is 1. The zero-order valence-corrected chi connectivity index (χ0v) is 15.1. The highest BCUT2D eigenvalue weighted by Crippen LogP contribution is 2.56. The summed E-state index contributed by atoms with van der Waals surface area (Å²) in [6, 6.07) is -0.932. The van der Waals surface area contributed by atoms with Crippen LogP contribution in [0.2, 0.25) is 0 Å². The van der Waals surface area contributed by atoms with Crippen LogP contribution < -0.4 is 5.32 Å². The van der Waals surface area contributed by atoms with Crippen LogP contribution in [0.3, 0.4) is 0 Å². The summed E-state index contributed by atoms with van der Waals surface area (Å²) in [6.45, 7) is 6.86. The standard InChI is InChI=1S/C18H27N3O4/c1-9(2)12-5-4-10(3)6-13(12)18-14-7-11(8-20(14)17(24)25)21(18)16(23)19-15(18)22/h9-14H,4-8H2,1-3H3,(H,24,25)(H,19,22,23). The fourth-order valence-electron chi connectivity index (χ4n) is 6.25. The summed E-state index contributed by atoms with van der Waals surface area (Å²) in [5, 5.41) is 12.2. The Kier molecular flexibility index (Phi) is 3.57. The Balaban J connectivity index is 1.83. The number of rotatable bonds is 2. The van der Waals surface area contributed by atoms with Gasteiger partial charge < -0.3 is 14.9 Å². The fourth-order valence-corrected chi connectivity index (χ4v) is 6.25. The third kappa shape index (κ3) is 2.01. The first kappa shape index (κ1) is 16.7. The molecule has 0 aromatic heterocycles. The predicted octanol–water partition coefficient (Wildman–Crippen LogP) is 2.12. The lowest BCUT2D eigenvalue weighted by Gasteiger charge is -2.52. The highest BCUT2D eigenvalue weighted by molar-refractivity contribution is 6.09. The van der Waals surface area contributed by atoms with Crippen molar-refractivity contribution in [2.75, 3.05) is 6.54 Å². The van der Waals surface area contributed by atoms with Crippen molar-refractivity contribution in [3.05, 3.63) is 0 Å². The van der Waals surface area contributed by atoms with Crippen molar-refractivity contribution in [2.24, 2.45) is 23.7 Å². The van der Waals surface area contributed by atoms with E-state index in [0.29, 0.717) is 30.7 Å². The number of fused-ring (bicyclic) bond motifs is 5. The number of nitrogens with zero attached hydrogens (tertiary/aromatic N) is 2. The van der Waals surface area contributed by atoms with Crippen LogP contribution in [-0.4, -0.2) is 57.1 Å². The Labute approximate surface area is 147 Å². The largest absolute Gasteiger partial charge is 0.465 e. The maximum Gasteiger partial charge on any atom is 0.407 e. The Morgan fingerprint density at radius 1 is 1.28 bits per heavy atom. The van der Waals surface area contributed by atoms with Crippen molar-refractivity contribution < 1.29 is 19.5 Å². The molecule has 138 valence electrons. The summed E-state index contributed by atoms with van der Waals surface area (Å²) in [5.74, 6) is 0.942. The van der Waals surface area contributed by atoms with Gasteiger partial charge in [0.15, 0.2) is 0 Å². The van der Waals surface area contributed by atoms with Gasteiger partial charge >= 0.3 is 12.1 Å². The minimum atomic E-state index is -1.01. The van der Waals surface area contributed by atoms with Gasteiger partial charge in [-0.2, -0.15) is 0 Å². The number of urea groups is 1. The molecule has 6 atom stereocenters. The summed E-state index contributed by atoms with van der Waals surface area (Å²) >= 11 is 0. The second kappa shape index (κ2) is 5.35. The lowest BCUT2D eigenvalue weighted by Crippen LogP contribution is -2.69. The third-order valence-corrected chi connectivity index (χ3v) is 7.19.